The van der Waals surface area contributed by atoms with Gasteiger partial charge in [-0.1, -0.05) is 6.07 Å². The predicted octanol–water partition coefficient (Wildman–Crippen LogP) is 2.21. The van der Waals surface area contributed by atoms with Crippen LogP contribution in [0.1, 0.15) is 32.7 Å². The third kappa shape index (κ3) is 3.18. The zero-order valence-corrected chi connectivity index (χ0v) is 11.8. The summed E-state index contributed by atoms with van der Waals surface area (Å²) in [6.45, 7) is 4.06. The number of nitrogens with one attached hydrogen (secondary N) is 1. The first-order chi connectivity index (χ1) is 10.0. The van der Waals surface area contributed by atoms with E-state index in [0.29, 0.717) is 12.1 Å². The molecule has 2 aromatic rings. The van der Waals surface area contributed by atoms with E-state index in [1.807, 2.05) is 19.9 Å². The van der Waals surface area contributed by atoms with Gasteiger partial charge in [-0.05, 0) is 48.7 Å². The fourth-order valence-electron chi connectivity index (χ4n) is 2.02. The molecule has 21 heavy (non-hydrogen) atoms. The second kappa shape index (κ2) is 6.06. The summed E-state index contributed by atoms with van der Waals surface area (Å²) >= 11 is 0. The van der Waals surface area contributed by atoms with Crippen LogP contribution in [0.4, 0.5) is 0 Å². The molecule has 1 aromatic carbocycles. The quantitative estimate of drug-likeness (QED) is 0.903. The van der Waals surface area contributed by atoms with Crippen LogP contribution in [0.2, 0.25) is 0 Å². The van der Waals surface area contributed by atoms with Gasteiger partial charge in [0.2, 0.25) is 0 Å². The third-order valence-electron chi connectivity index (χ3n) is 3.24. The highest BCUT2D eigenvalue weighted by Gasteiger charge is 2.12. The van der Waals surface area contributed by atoms with Crippen LogP contribution in [0.3, 0.4) is 0 Å². The van der Waals surface area contributed by atoms with E-state index < -0.39 is 5.91 Å². The number of carbonyl (C=O) groups excluding carboxylic acids is 1. The lowest BCUT2D eigenvalue weighted by Crippen LogP contribution is -2.24. The molecule has 0 aliphatic heterocycles. The molecule has 0 spiro atoms. The Morgan fingerprint density at radius 2 is 2.14 bits per heavy atom. The molecular weight excluding hydrogens is 266 g/mol. The van der Waals surface area contributed by atoms with Crippen molar-refractivity contribution in [1.82, 2.24) is 10.3 Å². The van der Waals surface area contributed by atoms with E-state index in [4.69, 9.17) is 5.26 Å². The molecular formula is C16H15N3O2. The number of nitrogens with zero attached hydrogens (tertiary/aromatic N) is 2. The van der Waals surface area contributed by atoms with Gasteiger partial charge in [0.25, 0.3) is 5.91 Å². The molecule has 0 radical (unpaired) electrons. The average Bonchev–Trinajstić information content (AvgIpc) is 2.47. The van der Waals surface area contributed by atoms with E-state index >= 15 is 0 Å². The number of pyridine rings is 1. The Balaban J connectivity index is 2.14. The van der Waals surface area contributed by atoms with E-state index in [-0.39, 0.29) is 11.4 Å². The molecule has 2 N–H and O–H groups in total. The summed E-state index contributed by atoms with van der Waals surface area (Å²) in [7, 11) is 0. The van der Waals surface area contributed by atoms with Gasteiger partial charge in [-0.15, -0.1) is 0 Å². The highest BCUT2D eigenvalue weighted by Crippen LogP contribution is 2.16. The van der Waals surface area contributed by atoms with Gasteiger partial charge in [-0.25, -0.2) is 4.98 Å². The first-order valence-electron chi connectivity index (χ1n) is 6.45. The Morgan fingerprint density at radius 1 is 1.38 bits per heavy atom. The molecule has 1 aromatic heterocycles. The van der Waals surface area contributed by atoms with Crippen molar-refractivity contribution in [3.05, 3.63) is 58.4 Å². The Hall–Kier alpha value is -2.87. The summed E-state index contributed by atoms with van der Waals surface area (Å²) in [6.07, 6.45) is 1.45. The largest absolute Gasteiger partial charge is 0.505 e. The Morgan fingerprint density at radius 3 is 2.81 bits per heavy atom. The number of hydrogen-bond donors (Lipinski definition) is 2. The molecule has 106 valence electrons. The first-order valence-corrected chi connectivity index (χ1v) is 6.45. The Labute approximate surface area is 122 Å². The average molecular weight is 281 g/mol. The van der Waals surface area contributed by atoms with Crippen molar-refractivity contribution in [2.24, 2.45) is 0 Å². The molecule has 1 amide bonds. The summed E-state index contributed by atoms with van der Waals surface area (Å²) in [4.78, 5) is 15.8. The maximum absolute atomic E-state index is 12.0. The van der Waals surface area contributed by atoms with Gasteiger partial charge in [0.1, 0.15) is 5.75 Å². The van der Waals surface area contributed by atoms with Crippen LogP contribution >= 0.6 is 0 Å². The molecule has 0 bridgehead atoms. The number of benzene rings is 1. The van der Waals surface area contributed by atoms with Crippen LogP contribution in [0.25, 0.3) is 0 Å². The molecule has 0 saturated carbocycles. The summed E-state index contributed by atoms with van der Waals surface area (Å²) in [6, 6.07) is 8.78. The minimum absolute atomic E-state index is 0.000481. The summed E-state index contributed by atoms with van der Waals surface area (Å²) < 4.78 is 0. The first kappa shape index (κ1) is 14.5. The van der Waals surface area contributed by atoms with Crippen molar-refractivity contribution in [3.63, 3.8) is 0 Å². The van der Waals surface area contributed by atoms with Gasteiger partial charge < -0.3 is 10.4 Å². The van der Waals surface area contributed by atoms with E-state index in [1.54, 1.807) is 12.1 Å². The van der Waals surface area contributed by atoms with Gasteiger partial charge >= 0.3 is 0 Å². The summed E-state index contributed by atoms with van der Waals surface area (Å²) in [5.74, 6) is -0.586. The number of carbonyl (C=O) groups is 1. The lowest BCUT2D eigenvalue weighted by molar-refractivity contribution is 0.0943. The normalized spacial score (nSPS) is 9.95. The number of rotatable bonds is 3. The van der Waals surface area contributed by atoms with Crippen LogP contribution in [0, 0.1) is 25.2 Å². The number of hydrogen-bond acceptors (Lipinski definition) is 4. The van der Waals surface area contributed by atoms with Crippen LogP contribution in [0.5, 0.6) is 5.75 Å². The monoisotopic (exact) mass is 281 g/mol. The lowest BCUT2D eigenvalue weighted by Gasteiger charge is -2.10. The van der Waals surface area contributed by atoms with Gasteiger partial charge in [-0.3, -0.25) is 4.79 Å². The molecule has 0 saturated heterocycles. The fourth-order valence-corrected chi connectivity index (χ4v) is 2.02. The molecule has 0 atom stereocenters. The highest BCUT2D eigenvalue weighted by molar-refractivity contribution is 5.94. The number of amides is 1. The number of aromatic hydroxyl groups is 1. The van der Waals surface area contributed by atoms with E-state index in [1.165, 1.54) is 12.3 Å². The van der Waals surface area contributed by atoms with Crippen LogP contribution in [-0.4, -0.2) is 16.0 Å². The van der Waals surface area contributed by atoms with Crippen molar-refractivity contribution < 1.29 is 9.90 Å². The number of aryl methyl sites for hydroxylation is 2. The van der Waals surface area contributed by atoms with Crippen molar-refractivity contribution >= 4 is 5.91 Å². The lowest BCUT2D eigenvalue weighted by atomic mass is 10.0. The van der Waals surface area contributed by atoms with Crippen LogP contribution in [0.15, 0.2) is 30.5 Å². The number of nitriles is 1. The van der Waals surface area contributed by atoms with E-state index in [0.717, 1.165) is 16.7 Å². The smallest absolute Gasteiger partial charge is 0.273 e. The topological polar surface area (TPSA) is 86.0 Å². The molecule has 2 rings (SSSR count). The molecule has 0 fully saturated rings. The molecule has 1 heterocycles. The Kier molecular flexibility index (Phi) is 4.19. The predicted molar refractivity (Wildman–Crippen MR) is 77.7 cm³/mol. The summed E-state index contributed by atoms with van der Waals surface area (Å²) in [5.41, 5.74) is 3.36. The van der Waals surface area contributed by atoms with Gasteiger partial charge in [0, 0.05) is 12.7 Å². The highest BCUT2D eigenvalue weighted by atomic mass is 16.3. The van der Waals surface area contributed by atoms with Crippen LogP contribution < -0.4 is 5.32 Å². The van der Waals surface area contributed by atoms with Gasteiger partial charge in [0.15, 0.2) is 5.69 Å². The standard InChI is InChI=1S/C16H15N3O2/c1-10-7-13(11(2)6-12(10)8-17)9-19-16(21)15-14(20)4-3-5-18-15/h3-7,20H,9H2,1-2H3,(H,19,21). The second-order valence-corrected chi connectivity index (χ2v) is 4.76. The molecule has 5 nitrogen and oxygen atoms in total. The zero-order chi connectivity index (χ0) is 15.4. The molecule has 0 aliphatic rings. The van der Waals surface area contributed by atoms with Crippen molar-refractivity contribution in [3.8, 4) is 11.8 Å². The van der Waals surface area contributed by atoms with Crippen LogP contribution in [-0.2, 0) is 6.54 Å². The SMILES string of the molecule is Cc1cc(CNC(=O)c2ncccc2O)c(C)cc1C#N. The minimum atomic E-state index is -0.436. The van der Waals surface area contributed by atoms with Crippen molar-refractivity contribution in [1.29, 1.82) is 5.26 Å². The fraction of sp³-hybridized carbons (Fsp3) is 0.188. The molecule has 0 aliphatic carbocycles. The third-order valence-corrected chi connectivity index (χ3v) is 3.24. The number of aromatic nitrogens is 1. The maximum atomic E-state index is 12.0. The molecule has 5 heteroatoms. The van der Waals surface area contributed by atoms with Crippen molar-refractivity contribution in [2.45, 2.75) is 20.4 Å². The Bertz CT molecular complexity index is 733. The maximum Gasteiger partial charge on any atom is 0.273 e. The van der Waals surface area contributed by atoms with Crippen molar-refractivity contribution in [2.75, 3.05) is 0 Å². The van der Waals surface area contributed by atoms with E-state index in [2.05, 4.69) is 16.4 Å². The molecule has 0 unspecified atom stereocenters. The zero-order valence-electron chi connectivity index (χ0n) is 11.8. The minimum Gasteiger partial charge on any atom is -0.505 e. The summed E-state index contributed by atoms with van der Waals surface area (Å²) in [5, 5.41) is 21.3. The van der Waals surface area contributed by atoms with Gasteiger partial charge in [0.05, 0.1) is 11.6 Å². The van der Waals surface area contributed by atoms with Gasteiger partial charge in [-0.2, -0.15) is 5.26 Å². The second-order valence-electron chi connectivity index (χ2n) is 4.76. The van der Waals surface area contributed by atoms with E-state index in [9.17, 15) is 9.90 Å².